The summed E-state index contributed by atoms with van der Waals surface area (Å²) in [5.74, 6) is -0.100. The van der Waals surface area contributed by atoms with E-state index in [1.165, 1.54) is 6.08 Å². The summed E-state index contributed by atoms with van der Waals surface area (Å²) in [7, 11) is 1.70. The number of hydrogen-bond donors (Lipinski definition) is 0. The van der Waals surface area contributed by atoms with Crippen LogP contribution in [0.5, 0.6) is 0 Å². The third-order valence-electron chi connectivity index (χ3n) is 5.24. The van der Waals surface area contributed by atoms with Crippen LogP contribution in [0.1, 0.15) is 38.2 Å². The molecule has 3 atom stereocenters. The monoisotopic (exact) mass is 386 g/mol. The molecule has 1 saturated heterocycles. The summed E-state index contributed by atoms with van der Waals surface area (Å²) in [6.45, 7) is 11.7. The lowest BCUT2D eigenvalue weighted by Gasteiger charge is -2.43. The van der Waals surface area contributed by atoms with Crippen molar-refractivity contribution in [3.63, 3.8) is 0 Å². The van der Waals surface area contributed by atoms with Gasteiger partial charge in [-0.3, -0.25) is 9.80 Å². The van der Waals surface area contributed by atoms with Crippen molar-refractivity contribution in [1.82, 2.24) is 10.0 Å². The van der Waals surface area contributed by atoms with Crippen LogP contribution in [0.15, 0.2) is 55.6 Å². The lowest BCUT2D eigenvalue weighted by molar-refractivity contribution is -0.165. The summed E-state index contributed by atoms with van der Waals surface area (Å²) < 4.78 is 11.7. The fourth-order valence-electron chi connectivity index (χ4n) is 3.90. The van der Waals surface area contributed by atoms with Gasteiger partial charge < -0.3 is 9.47 Å². The Labute approximate surface area is 169 Å². The van der Waals surface area contributed by atoms with Gasteiger partial charge in [0, 0.05) is 13.7 Å². The van der Waals surface area contributed by atoms with Crippen LogP contribution in [0.3, 0.4) is 0 Å². The highest BCUT2D eigenvalue weighted by molar-refractivity contribution is 5.87. The van der Waals surface area contributed by atoms with E-state index in [0.717, 1.165) is 31.4 Å². The number of ether oxygens (including phenoxy) is 2. The zero-order valence-electron chi connectivity index (χ0n) is 17.3. The third-order valence-corrected chi connectivity index (χ3v) is 5.24. The molecule has 1 aromatic rings. The molecule has 0 bridgehead atoms. The molecule has 28 heavy (non-hydrogen) atoms. The molecule has 5 heteroatoms. The van der Waals surface area contributed by atoms with E-state index in [0.29, 0.717) is 19.6 Å². The maximum absolute atomic E-state index is 12.9. The molecule has 0 aromatic heterocycles. The van der Waals surface area contributed by atoms with Crippen LogP contribution in [0.25, 0.3) is 0 Å². The van der Waals surface area contributed by atoms with E-state index in [2.05, 4.69) is 37.2 Å². The maximum Gasteiger partial charge on any atom is 0.260 e. The van der Waals surface area contributed by atoms with E-state index in [1.54, 1.807) is 7.11 Å². The van der Waals surface area contributed by atoms with Crippen LogP contribution >= 0.6 is 0 Å². The second-order valence-electron chi connectivity index (χ2n) is 7.14. The maximum atomic E-state index is 12.9. The zero-order valence-corrected chi connectivity index (χ0v) is 17.3. The van der Waals surface area contributed by atoms with Crippen molar-refractivity contribution in [2.24, 2.45) is 0 Å². The van der Waals surface area contributed by atoms with Gasteiger partial charge in [0.2, 0.25) is 0 Å². The minimum absolute atomic E-state index is 0.100. The number of carbonyl (C=O) groups is 1. The van der Waals surface area contributed by atoms with Gasteiger partial charge in [0.25, 0.3) is 5.91 Å². The molecule has 0 spiro atoms. The molecule has 1 aliphatic rings. The molecule has 1 heterocycles. The number of hydrogen-bond acceptors (Lipinski definition) is 4. The quantitative estimate of drug-likeness (QED) is 0.403. The predicted molar refractivity (Wildman–Crippen MR) is 113 cm³/mol. The number of benzene rings is 1. The van der Waals surface area contributed by atoms with E-state index in [4.69, 9.17) is 9.47 Å². The Balaban J connectivity index is 2.24. The molecule has 1 aliphatic heterocycles. The Morgan fingerprint density at radius 1 is 1.36 bits per heavy atom. The standard InChI is InChI=1S/C23H34N2O3/c1-5-12-21(22(6-2)28-17-19-13-9-8-10-14-19)25(23(26)7-3)24-16-11-15-20(24)18-27-4/h5,7-10,13-14,20-22H,1,3,6,11-12,15-18H2,2,4H3/t20-,21+,22+/m0/s1. The minimum Gasteiger partial charge on any atom is -0.383 e. The second-order valence-corrected chi connectivity index (χ2v) is 7.14. The van der Waals surface area contributed by atoms with Crippen molar-refractivity contribution in [3.05, 3.63) is 61.2 Å². The van der Waals surface area contributed by atoms with E-state index < -0.39 is 0 Å². The highest BCUT2D eigenvalue weighted by Crippen LogP contribution is 2.27. The van der Waals surface area contributed by atoms with Crippen LogP contribution in [0.4, 0.5) is 0 Å². The first-order chi connectivity index (χ1) is 13.7. The van der Waals surface area contributed by atoms with Gasteiger partial charge in [-0.25, -0.2) is 5.01 Å². The van der Waals surface area contributed by atoms with Crippen LogP contribution < -0.4 is 0 Å². The third kappa shape index (κ3) is 5.77. The number of methoxy groups -OCH3 is 1. The highest BCUT2D eigenvalue weighted by Gasteiger charge is 2.38. The molecule has 154 valence electrons. The average Bonchev–Trinajstić information content (AvgIpc) is 3.17. The molecular formula is C23H34N2O3. The van der Waals surface area contributed by atoms with E-state index in [9.17, 15) is 4.79 Å². The summed E-state index contributed by atoms with van der Waals surface area (Å²) in [4.78, 5) is 12.9. The van der Waals surface area contributed by atoms with E-state index in [1.807, 2.05) is 29.3 Å². The lowest BCUT2D eigenvalue weighted by atomic mass is 10.0. The second kappa shape index (κ2) is 11.8. The first-order valence-corrected chi connectivity index (χ1v) is 10.1. The molecule has 1 aromatic carbocycles. The van der Waals surface area contributed by atoms with Crippen molar-refractivity contribution in [1.29, 1.82) is 0 Å². The van der Waals surface area contributed by atoms with Gasteiger partial charge in [-0.15, -0.1) is 6.58 Å². The molecule has 0 radical (unpaired) electrons. The molecule has 0 saturated carbocycles. The Morgan fingerprint density at radius 2 is 2.11 bits per heavy atom. The van der Waals surface area contributed by atoms with Crippen molar-refractivity contribution < 1.29 is 14.3 Å². The SMILES string of the molecule is C=CC[C@H]([C@@H](CC)OCc1ccccc1)N(C(=O)C=C)N1CCC[C@H]1COC. The Hall–Kier alpha value is -1.95. The first kappa shape index (κ1) is 22.3. The summed E-state index contributed by atoms with van der Waals surface area (Å²) in [5.41, 5.74) is 1.12. The topological polar surface area (TPSA) is 42.0 Å². The van der Waals surface area contributed by atoms with Gasteiger partial charge >= 0.3 is 0 Å². The number of amides is 1. The predicted octanol–water partition coefficient (Wildman–Crippen LogP) is 3.97. The fraction of sp³-hybridized carbons (Fsp3) is 0.522. The summed E-state index contributed by atoms with van der Waals surface area (Å²) >= 11 is 0. The van der Waals surface area contributed by atoms with Crippen molar-refractivity contribution in [2.45, 2.75) is 57.4 Å². The van der Waals surface area contributed by atoms with Crippen LogP contribution in [-0.2, 0) is 20.9 Å². The van der Waals surface area contributed by atoms with Gasteiger partial charge in [0.1, 0.15) is 0 Å². The lowest BCUT2D eigenvalue weighted by Crippen LogP contribution is -2.58. The molecular weight excluding hydrogens is 352 g/mol. The van der Waals surface area contributed by atoms with Crippen LogP contribution in [-0.4, -0.2) is 54.4 Å². The molecule has 0 aliphatic carbocycles. The first-order valence-electron chi connectivity index (χ1n) is 10.1. The fourth-order valence-corrected chi connectivity index (χ4v) is 3.90. The molecule has 0 N–H and O–H groups in total. The van der Waals surface area contributed by atoms with Gasteiger partial charge in [0.05, 0.1) is 31.4 Å². The van der Waals surface area contributed by atoms with Crippen molar-refractivity contribution >= 4 is 5.91 Å². The number of rotatable bonds is 12. The molecule has 1 fully saturated rings. The largest absolute Gasteiger partial charge is 0.383 e. The molecule has 5 nitrogen and oxygen atoms in total. The van der Waals surface area contributed by atoms with E-state index >= 15 is 0 Å². The normalized spacial score (nSPS) is 19.1. The minimum atomic E-state index is -0.130. The highest BCUT2D eigenvalue weighted by atomic mass is 16.5. The van der Waals surface area contributed by atoms with Gasteiger partial charge in [0.15, 0.2) is 0 Å². The summed E-state index contributed by atoms with van der Waals surface area (Å²) in [5, 5.41) is 4.00. The Morgan fingerprint density at radius 3 is 2.71 bits per heavy atom. The number of carbonyl (C=O) groups excluding carboxylic acids is 1. The van der Waals surface area contributed by atoms with Crippen molar-refractivity contribution in [2.75, 3.05) is 20.3 Å². The summed E-state index contributed by atoms with van der Waals surface area (Å²) in [6.07, 6.45) is 6.66. The summed E-state index contributed by atoms with van der Waals surface area (Å²) in [6, 6.07) is 10.2. The van der Waals surface area contributed by atoms with E-state index in [-0.39, 0.29) is 24.1 Å². The van der Waals surface area contributed by atoms with Crippen LogP contribution in [0.2, 0.25) is 0 Å². The van der Waals surface area contributed by atoms with Gasteiger partial charge in [-0.2, -0.15) is 0 Å². The Kier molecular flexibility index (Phi) is 9.41. The number of hydrazine groups is 1. The molecule has 2 rings (SSSR count). The van der Waals surface area contributed by atoms with Crippen LogP contribution in [0, 0.1) is 0 Å². The zero-order chi connectivity index (χ0) is 20.4. The van der Waals surface area contributed by atoms with Crippen molar-refractivity contribution in [3.8, 4) is 0 Å². The smallest absolute Gasteiger partial charge is 0.260 e. The Bertz CT molecular complexity index is 620. The molecule has 1 amide bonds. The van der Waals surface area contributed by atoms with Gasteiger partial charge in [-0.05, 0) is 37.3 Å². The molecule has 0 unspecified atom stereocenters. The average molecular weight is 387 g/mol. The van der Waals surface area contributed by atoms with Gasteiger partial charge in [-0.1, -0.05) is 49.9 Å². The number of nitrogens with zero attached hydrogens (tertiary/aromatic N) is 2.